The maximum Gasteiger partial charge on any atom is 0.305 e. The Labute approximate surface area is 113 Å². The Bertz CT molecular complexity index is 511. The summed E-state index contributed by atoms with van der Waals surface area (Å²) < 4.78 is 26.9. The van der Waals surface area contributed by atoms with Crippen molar-refractivity contribution in [2.75, 3.05) is 18.5 Å². The van der Waals surface area contributed by atoms with Crippen molar-refractivity contribution in [3.63, 3.8) is 0 Å². The molecule has 0 aliphatic rings. The van der Waals surface area contributed by atoms with Crippen LogP contribution in [0.2, 0.25) is 0 Å². The molecule has 0 heterocycles. The highest BCUT2D eigenvalue weighted by molar-refractivity contribution is 7.89. The van der Waals surface area contributed by atoms with E-state index in [0.717, 1.165) is 5.69 Å². The molecule has 1 aromatic carbocycles. The minimum atomic E-state index is -3.65. The molecule has 1 rings (SSSR count). The van der Waals surface area contributed by atoms with Gasteiger partial charge in [0.1, 0.15) is 0 Å². The van der Waals surface area contributed by atoms with Crippen molar-refractivity contribution in [3.05, 3.63) is 24.3 Å². The van der Waals surface area contributed by atoms with E-state index >= 15 is 0 Å². The van der Waals surface area contributed by atoms with Gasteiger partial charge in [-0.3, -0.25) is 4.79 Å². The number of carbonyl (C=O) groups excluding carboxylic acids is 1. The summed E-state index contributed by atoms with van der Waals surface area (Å²) in [5.41, 5.74) is 0.774. The van der Waals surface area contributed by atoms with Crippen molar-refractivity contribution in [1.82, 2.24) is 0 Å². The van der Waals surface area contributed by atoms with Crippen molar-refractivity contribution < 1.29 is 17.9 Å². The highest BCUT2D eigenvalue weighted by atomic mass is 32.2. The SMILES string of the molecule is CCOC(=O)CCCNc1ccc(S(N)(=O)=O)cc1. The molecule has 0 aromatic heterocycles. The molecule has 0 spiro atoms. The number of carbonyl (C=O) groups is 1. The molecule has 106 valence electrons. The standard InChI is InChI=1S/C12H18N2O4S/c1-2-18-12(15)4-3-9-14-10-5-7-11(8-6-10)19(13,16)17/h5-8,14H,2-4,9H2,1H3,(H2,13,16,17). The number of rotatable bonds is 7. The molecule has 0 aliphatic carbocycles. The average molecular weight is 286 g/mol. The predicted octanol–water partition coefficient (Wildman–Crippen LogP) is 1.09. The number of primary sulfonamides is 1. The second-order valence-electron chi connectivity index (χ2n) is 3.90. The second-order valence-corrected chi connectivity index (χ2v) is 5.47. The molecular weight excluding hydrogens is 268 g/mol. The Morgan fingerprint density at radius 3 is 2.47 bits per heavy atom. The molecule has 0 saturated carbocycles. The van der Waals surface area contributed by atoms with Crippen molar-refractivity contribution in [1.29, 1.82) is 0 Å². The zero-order valence-corrected chi connectivity index (χ0v) is 11.6. The Balaban J connectivity index is 2.37. The normalized spacial score (nSPS) is 11.1. The maximum atomic E-state index is 11.1. The molecular formula is C12H18N2O4S. The number of hydrogen-bond donors (Lipinski definition) is 2. The fourth-order valence-electron chi connectivity index (χ4n) is 1.46. The molecule has 0 saturated heterocycles. The van der Waals surface area contributed by atoms with Crippen LogP contribution in [0.3, 0.4) is 0 Å². The highest BCUT2D eigenvalue weighted by Gasteiger charge is 2.06. The van der Waals surface area contributed by atoms with Gasteiger partial charge < -0.3 is 10.1 Å². The van der Waals surface area contributed by atoms with Gasteiger partial charge in [0, 0.05) is 18.7 Å². The van der Waals surface area contributed by atoms with E-state index < -0.39 is 10.0 Å². The number of ether oxygens (including phenoxy) is 1. The molecule has 0 unspecified atom stereocenters. The number of nitrogens with two attached hydrogens (primary N) is 1. The van der Waals surface area contributed by atoms with Crippen LogP contribution in [0.25, 0.3) is 0 Å². The molecule has 0 atom stereocenters. The average Bonchev–Trinajstić information content (AvgIpc) is 2.34. The lowest BCUT2D eigenvalue weighted by Gasteiger charge is -2.07. The smallest absolute Gasteiger partial charge is 0.305 e. The van der Waals surface area contributed by atoms with Crippen molar-refractivity contribution in [3.8, 4) is 0 Å². The van der Waals surface area contributed by atoms with E-state index in [-0.39, 0.29) is 10.9 Å². The summed E-state index contributed by atoms with van der Waals surface area (Å²) in [6.07, 6.45) is 1.01. The van der Waals surface area contributed by atoms with Crippen LogP contribution in [-0.4, -0.2) is 27.5 Å². The van der Waals surface area contributed by atoms with Crippen LogP contribution in [-0.2, 0) is 19.6 Å². The van der Waals surface area contributed by atoms with Crippen LogP contribution in [0, 0.1) is 0 Å². The summed E-state index contributed by atoms with van der Waals surface area (Å²) in [6, 6.07) is 6.13. The van der Waals surface area contributed by atoms with Gasteiger partial charge in [-0.15, -0.1) is 0 Å². The number of benzene rings is 1. The summed E-state index contributed by atoms with van der Waals surface area (Å²) in [6.45, 7) is 2.76. The summed E-state index contributed by atoms with van der Waals surface area (Å²) in [4.78, 5) is 11.2. The van der Waals surface area contributed by atoms with E-state index in [2.05, 4.69) is 5.32 Å². The summed E-state index contributed by atoms with van der Waals surface area (Å²) in [7, 11) is -3.65. The fourth-order valence-corrected chi connectivity index (χ4v) is 1.98. The third-order valence-electron chi connectivity index (χ3n) is 2.37. The third-order valence-corrected chi connectivity index (χ3v) is 3.30. The van der Waals surface area contributed by atoms with Crippen molar-refractivity contribution >= 4 is 21.7 Å². The van der Waals surface area contributed by atoms with Gasteiger partial charge in [-0.2, -0.15) is 0 Å². The van der Waals surface area contributed by atoms with Gasteiger partial charge >= 0.3 is 5.97 Å². The first-order valence-electron chi connectivity index (χ1n) is 5.96. The third kappa shape index (κ3) is 5.71. The van der Waals surface area contributed by atoms with Gasteiger partial charge in [-0.1, -0.05) is 0 Å². The van der Waals surface area contributed by atoms with Gasteiger partial charge in [0.15, 0.2) is 0 Å². The first-order valence-corrected chi connectivity index (χ1v) is 7.50. The fraction of sp³-hybridized carbons (Fsp3) is 0.417. The number of esters is 1. The maximum absolute atomic E-state index is 11.1. The second kappa shape index (κ2) is 7.10. The number of sulfonamides is 1. The first-order chi connectivity index (χ1) is 8.93. The summed E-state index contributed by atoms with van der Waals surface area (Å²) in [5.74, 6) is -0.214. The van der Waals surface area contributed by atoms with Crippen molar-refractivity contribution in [2.45, 2.75) is 24.7 Å². The van der Waals surface area contributed by atoms with Crippen LogP contribution in [0.1, 0.15) is 19.8 Å². The molecule has 6 nitrogen and oxygen atoms in total. The van der Waals surface area contributed by atoms with Gasteiger partial charge in [0.25, 0.3) is 0 Å². The predicted molar refractivity (Wildman–Crippen MR) is 72.2 cm³/mol. The van der Waals surface area contributed by atoms with E-state index in [1.165, 1.54) is 12.1 Å². The van der Waals surface area contributed by atoms with E-state index in [4.69, 9.17) is 9.88 Å². The topological polar surface area (TPSA) is 98.5 Å². The molecule has 0 aliphatic heterocycles. The monoisotopic (exact) mass is 286 g/mol. The van der Waals surface area contributed by atoms with Crippen LogP contribution in [0.15, 0.2) is 29.2 Å². The van der Waals surface area contributed by atoms with E-state index in [0.29, 0.717) is 26.0 Å². The van der Waals surface area contributed by atoms with Crippen LogP contribution >= 0.6 is 0 Å². The molecule has 1 aromatic rings. The van der Waals surface area contributed by atoms with Gasteiger partial charge in [0.2, 0.25) is 10.0 Å². The first kappa shape index (κ1) is 15.5. The minimum absolute atomic E-state index is 0.0737. The lowest BCUT2D eigenvalue weighted by molar-refractivity contribution is -0.143. The molecule has 19 heavy (non-hydrogen) atoms. The number of hydrogen-bond acceptors (Lipinski definition) is 5. The van der Waals surface area contributed by atoms with Crippen LogP contribution < -0.4 is 10.5 Å². The summed E-state index contributed by atoms with van der Waals surface area (Å²) >= 11 is 0. The van der Waals surface area contributed by atoms with E-state index in [9.17, 15) is 13.2 Å². The molecule has 0 amide bonds. The van der Waals surface area contributed by atoms with E-state index in [1.807, 2.05) is 0 Å². The van der Waals surface area contributed by atoms with Crippen LogP contribution in [0.4, 0.5) is 5.69 Å². The zero-order chi connectivity index (χ0) is 14.3. The number of anilines is 1. The number of nitrogens with one attached hydrogen (secondary N) is 1. The molecule has 7 heteroatoms. The zero-order valence-electron chi connectivity index (χ0n) is 10.8. The van der Waals surface area contributed by atoms with Gasteiger partial charge in [-0.05, 0) is 37.6 Å². The Hall–Kier alpha value is -1.60. The largest absolute Gasteiger partial charge is 0.466 e. The molecule has 0 radical (unpaired) electrons. The molecule has 0 fully saturated rings. The minimum Gasteiger partial charge on any atom is -0.466 e. The summed E-state index contributed by atoms with van der Waals surface area (Å²) in [5, 5.41) is 8.07. The van der Waals surface area contributed by atoms with E-state index in [1.54, 1.807) is 19.1 Å². The molecule has 3 N–H and O–H groups in total. The van der Waals surface area contributed by atoms with Crippen LogP contribution in [0.5, 0.6) is 0 Å². The van der Waals surface area contributed by atoms with Gasteiger partial charge in [0.05, 0.1) is 11.5 Å². The molecule has 0 bridgehead atoms. The quantitative estimate of drug-likeness (QED) is 0.577. The lowest BCUT2D eigenvalue weighted by Crippen LogP contribution is -2.12. The lowest BCUT2D eigenvalue weighted by atomic mass is 10.3. The van der Waals surface area contributed by atoms with Gasteiger partial charge in [-0.25, -0.2) is 13.6 Å². The Morgan fingerprint density at radius 2 is 1.95 bits per heavy atom. The van der Waals surface area contributed by atoms with Crippen molar-refractivity contribution in [2.24, 2.45) is 5.14 Å². The Morgan fingerprint density at radius 1 is 1.32 bits per heavy atom. The Kier molecular flexibility index (Phi) is 5.78. The highest BCUT2D eigenvalue weighted by Crippen LogP contribution is 2.12.